The molecule has 0 bridgehead atoms. The number of benzene rings is 1. The molecule has 0 saturated heterocycles. The standard InChI is InChI=1S/C18H23NO2/c1-13(9-16-5-4-8-20-16)19-12-14-6-7-17-15(10-14)11-18(2,3)21-17/h4-8,10,13,19H,9,11-12H2,1-3H3. The molecule has 1 aromatic carbocycles. The Labute approximate surface area is 126 Å². The summed E-state index contributed by atoms with van der Waals surface area (Å²) in [4.78, 5) is 0. The molecule has 21 heavy (non-hydrogen) atoms. The van der Waals surface area contributed by atoms with E-state index in [0.717, 1.165) is 30.9 Å². The molecule has 1 aliphatic heterocycles. The lowest BCUT2D eigenvalue weighted by molar-refractivity contribution is 0.138. The Morgan fingerprint density at radius 1 is 1.29 bits per heavy atom. The van der Waals surface area contributed by atoms with Gasteiger partial charge in [-0.25, -0.2) is 0 Å². The normalized spacial score (nSPS) is 17.3. The molecule has 0 spiro atoms. The van der Waals surface area contributed by atoms with Crippen LogP contribution in [-0.2, 0) is 19.4 Å². The smallest absolute Gasteiger partial charge is 0.123 e. The predicted octanol–water partition coefficient (Wildman–Crippen LogP) is 3.71. The molecular weight excluding hydrogens is 262 g/mol. The van der Waals surface area contributed by atoms with Gasteiger partial charge in [0.2, 0.25) is 0 Å². The molecule has 1 unspecified atom stereocenters. The minimum absolute atomic E-state index is 0.0685. The topological polar surface area (TPSA) is 34.4 Å². The maximum Gasteiger partial charge on any atom is 0.123 e. The van der Waals surface area contributed by atoms with Crippen LogP contribution < -0.4 is 10.1 Å². The number of fused-ring (bicyclic) bond motifs is 1. The number of hydrogen-bond acceptors (Lipinski definition) is 3. The fourth-order valence-electron chi connectivity index (χ4n) is 2.87. The number of rotatable bonds is 5. The van der Waals surface area contributed by atoms with Crippen LogP contribution in [-0.4, -0.2) is 11.6 Å². The first-order chi connectivity index (χ1) is 10.0. The van der Waals surface area contributed by atoms with Crippen LogP contribution in [0.1, 0.15) is 37.7 Å². The Balaban J connectivity index is 1.57. The van der Waals surface area contributed by atoms with Crippen LogP contribution in [0, 0.1) is 0 Å². The van der Waals surface area contributed by atoms with Crippen molar-refractivity contribution in [1.82, 2.24) is 5.32 Å². The maximum atomic E-state index is 5.91. The highest BCUT2D eigenvalue weighted by molar-refractivity contribution is 5.41. The third-order valence-corrected chi connectivity index (χ3v) is 3.87. The van der Waals surface area contributed by atoms with Crippen molar-refractivity contribution in [1.29, 1.82) is 0 Å². The molecule has 3 nitrogen and oxygen atoms in total. The number of nitrogens with one attached hydrogen (secondary N) is 1. The summed E-state index contributed by atoms with van der Waals surface area (Å²) in [5.41, 5.74) is 2.56. The number of ether oxygens (including phenoxy) is 1. The fraction of sp³-hybridized carbons (Fsp3) is 0.444. The summed E-state index contributed by atoms with van der Waals surface area (Å²) < 4.78 is 11.3. The molecule has 1 aromatic heterocycles. The van der Waals surface area contributed by atoms with Gasteiger partial charge < -0.3 is 14.5 Å². The van der Waals surface area contributed by atoms with E-state index >= 15 is 0 Å². The van der Waals surface area contributed by atoms with Gasteiger partial charge in [-0.05, 0) is 50.1 Å². The third kappa shape index (κ3) is 3.48. The maximum absolute atomic E-state index is 5.91. The van der Waals surface area contributed by atoms with Gasteiger partial charge in [0.25, 0.3) is 0 Å². The van der Waals surface area contributed by atoms with Crippen LogP contribution in [0.3, 0.4) is 0 Å². The van der Waals surface area contributed by atoms with Crippen molar-refractivity contribution in [2.24, 2.45) is 0 Å². The van der Waals surface area contributed by atoms with E-state index in [1.54, 1.807) is 6.26 Å². The van der Waals surface area contributed by atoms with E-state index in [1.807, 2.05) is 12.1 Å². The fourth-order valence-corrected chi connectivity index (χ4v) is 2.87. The third-order valence-electron chi connectivity index (χ3n) is 3.87. The van der Waals surface area contributed by atoms with E-state index in [2.05, 4.69) is 44.3 Å². The second kappa shape index (κ2) is 5.57. The summed E-state index contributed by atoms with van der Waals surface area (Å²) in [5.74, 6) is 2.06. The van der Waals surface area contributed by atoms with E-state index in [0.29, 0.717) is 6.04 Å². The summed E-state index contributed by atoms with van der Waals surface area (Å²) in [6.45, 7) is 7.32. The summed E-state index contributed by atoms with van der Waals surface area (Å²) >= 11 is 0. The average Bonchev–Trinajstić information content (AvgIpc) is 3.01. The molecular formula is C18H23NO2. The second-order valence-corrected chi connectivity index (χ2v) is 6.55. The van der Waals surface area contributed by atoms with E-state index in [-0.39, 0.29) is 5.60 Å². The van der Waals surface area contributed by atoms with Gasteiger partial charge in [-0.2, -0.15) is 0 Å². The lowest BCUT2D eigenvalue weighted by Gasteiger charge is -2.16. The lowest BCUT2D eigenvalue weighted by Crippen LogP contribution is -2.27. The highest BCUT2D eigenvalue weighted by Crippen LogP contribution is 2.35. The Morgan fingerprint density at radius 3 is 2.90 bits per heavy atom. The van der Waals surface area contributed by atoms with Crippen molar-refractivity contribution in [2.75, 3.05) is 0 Å². The summed E-state index contributed by atoms with van der Waals surface area (Å²) in [7, 11) is 0. The molecule has 3 heteroatoms. The van der Waals surface area contributed by atoms with Crippen molar-refractivity contribution in [3.05, 3.63) is 53.5 Å². The quantitative estimate of drug-likeness (QED) is 0.909. The van der Waals surface area contributed by atoms with Crippen molar-refractivity contribution in [2.45, 2.75) is 51.8 Å². The summed E-state index contributed by atoms with van der Waals surface area (Å²) in [6, 6.07) is 10.8. The van der Waals surface area contributed by atoms with Gasteiger partial charge >= 0.3 is 0 Å². The molecule has 112 valence electrons. The first-order valence-corrected chi connectivity index (χ1v) is 7.58. The van der Waals surface area contributed by atoms with Gasteiger partial charge in [-0.15, -0.1) is 0 Å². The molecule has 2 aromatic rings. The first kappa shape index (κ1) is 14.2. The Bertz CT molecular complexity index is 602. The molecule has 0 fully saturated rings. The minimum Gasteiger partial charge on any atom is -0.487 e. The van der Waals surface area contributed by atoms with Gasteiger partial charge in [0.05, 0.1) is 6.26 Å². The highest BCUT2D eigenvalue weighted by atomic mass is 16.5. The lowest BCUT2D eigenvalue weighted by atomic mass is 10.00. The minimum atomic E-state index is -0.0685. The molecule has 0 saturated carbocycles. The zero-order chi connectivity index (χ0) is 14.9. The molecule has 2 heterocycles. The van der Waals surface area contributed by atoms with Crippen LogP contribution in [0.4, 0.5) is 0 Å². The highest BCUT2D eigenvalue weighted by Gasteiger charge is 2.29. The molecule has 1 aliphatic rings. The van der Waals surface area contributed by atoms with Crippen LogP contribution >= 0.6 is 0 Å². The monoisotopic (exact) mass is 285 g/mol. The molecule has 0 aliphatic carbocycles. The van der Waals surface area contributed by atoms with Crippen molar-refractivity contribution in [3.63, 3.8) is 0 Å². The number of hydrogen-bond donors (Lipinski definition) is 1. The van der Waals surface area contributed by atoms with E-state index < -0.39 is 0 Å². The first-order valence-electron chi connectivity index (χ1n) is 7.58. The Morgan fingerprint density at radius 2 is 2.14 bits per heavy atom. The van der Waals surface area contributed by atoms with Crippen LogP contribution in [0.5, 0.6) is 5.75 Å². The van der Waals surface area contributed by atoms with E-state index in [4.69, 9.17) is 9.15 Å². The molecule has 3 rings (SSSR count). The predicted molar refractivity (Wildman–Crippen MR) is 83.6 cm³/mol. The van der Waals surface area contributed by atoms with Crippen molar-refractivity contribution >= 4 is 0 Å². The van der Waals surface area contributed by atoms with Gasteiger partial charge in [-0.1, -0.05) is 12.1 Å². The van der Waals surface area contributed by atoms with E-state index in [9.17, 15) is 0 Å². The van der Waals surface area contributed by atoms with Crippen molar-refractivity contribution < 1.29 is 9.15 Å². The van der Waals surface area contributed by atoms with Gasteiger partial charge in [0.15, 0.2) is 0 Å². The van der Waals surface area contributed by atoms with Gasteiger partial charge in [0.1, 0.15) is 17.1 Å². The molecule has 1 N–H and O–H groups in total. The molecule has 1 atom stereocenters. The number of furan rings is 1. The summed E-state index contributed by atoms with van der Waals surface area (Å²) in [6.07, 6.45) is 3.62. The second-order valence-electron chi connectivity index (χ2n) is 6.55. The Kier molecular flexibility index (Phi) is 3.77. The van der Waals surface area contributed by atoms with Gasteiger partial charge in [0, 0.05) is 25.4 Å². The molecule has 0 radical (unpaired) electrons. The van der Waals surface area contributed by atoms with Crippen LogP contribution in [0.25, 0.3) is 0 Å². The largest absolute Gasteiger partial charge is 0.487 e. The van der Waals surface area contributed by atoms with Crippen LogP contribution in [0.2, 0.25) is 0 Å². The molecule has 0 amide bonds. The van der Waals surface area contributed by atoms with E-state index in [1.165, 1.54) is 11.1 Å². The van der Waals surface area contributed by atoms with Crippen LogP contribution in [0.15, 0.2) is 41.0 Å². The zero-order valence-electron chi connectivity index (χ0n) is 13.0. The SMILES string of the molecule is CC(Cc1ccco1)NCc1ccc2c(c1)CC(C)(C)O2. The average molecular weight is 285 g/mol. The van der Waals surface area contributed by atoms with Gasteiger partial charge in [-0.3, -0.25) is 0 Å². The summed E-state index contributed by atoms with van der Waals surface area (Å²) in [5, 5.41) is 3.55. The van der Waals surface area contributed by atoms with Crippen molar-refractivity contribution in [3.8, 4) is 5.75 Å². The Hall–Kier alpha value is -1.74. The zero-order valence-corrected chi connectivity index (χ0v) is 13.0.